The van der Waals surface area contributed by atoms with Crippen molar-refractivity contribution in [2.45, 2.75) is 0 Å². The molecule has 1 aromatic carbocycles. The third-order valence-corrected chi connectivity index (χ3v) is 6.03. The van der Waals surface area contributed by atoms with Crippen LogP contribution in [0.5, 0.6) is 0 Å². The fourth-order valence-corrected chi connectivity index (χ4v) is 4.01. The Labute approximate surface area is 205 Å². The Balaban J connectivity index is 1.51. The normalized spacial score (nSPS) is 11.1. The van der Waals surface area contributed by atoms with Crippen molar-refractivity contribution in [3.8, 4) is 0 Å². The minimum absolute atomic E-state index is 0.0113. The van der Waals surface area contributed by atoms with Gasteiger partial charge in [0.15, 0.2) is 5.82 Å². The highest BCUT2D eigenvalue weighted by Gasteiger charge is 2.10. The molecule has 15 heteroatoms. The second kappa shape index (κ2) is 10.9. The monoisotopic (exact) mass is 509 g/mol. The minimum Gasteiger partial charge on any atom is -0.340 e. The Hall–Kier alpha value is -4.76. The van der Waals surface area contributed by atoms with Crippen LogP contribution in [0.15, 0.2) is 70.9 Å². The highest BCUT2D eigenvalue weighted by Crippen LogP contribution is 2.24. The molecule has 35 heavy (non-hydrogen) atoms. The molecule has 0 fully saturated rings. The first-order chi connectivity index (χ1) is 17.0. The quantitative estimate of drug-likeness (QED) is 0.150. The molecule has 0 spiro atoms. The summed E-state index contributed by atoms with van der Waals surface area (Å²) in [6, 6.07) is 17.0. The van der Waals surface area contributed by atoms with Crippen molar-refractivity contribution in [2.24, 2.45) is 10.2 Å². The largest absolute Gasteiger partial charge is 0.340 e. The van der Waals surface area contributed by atoms with Gasteiger partial charge in [-0.15, -0.1) is 0 Å². The predicted octanol–water partition coefficient (Wildman–Crippen LogP) is 5.05. The molecule has 0 amide bonds. The Morgan fingerprint density at radius 3 is 1.91 bits per heavy atom. The highest BCUT2D eigenvalue weighted by molar-refractivity contribution is 7.17. The number of nitrogens with one attached hydrogen (secondary N) is 3. The van der Waals surface area contributed by atoms with E-state index in [0.717, 1.165) is 28.4 Å². The van der Waals surface area contributed by atoms with Crippen LogP contribution >= 0.6 is 22.7 Å². The van der Waals surface area contributed by atoms with Gasteiger partial charge in [0.2, 0.25) is 5.95 Å². The lowest BCUT2D eigenvalue weighted by Gasteiger charge is -2.09. The maximum atomic E-state index is 10.8. The van der Waals surface area contributed by atoms with Gasteiger partial charge >= 0.3 is 10.0 Å². The van der Waals surface area contributed by atoms with Gasteiger partial charge in [-0.1, -0.05) is 40.9 Å². The summed E-state index contributed by atoms with van der Waals surface area (Å²) < 4.78 is 0. The summed E-state index contributed by atoms with van der Waals surface area (Å²) in [7, 11) is 0. The van der Waals surface area contributed by atoms with Crippen LogP contribution in [0.3, 0.4) is 0 Å². The number of hydrogen-bond donors (Lipinski definition) is 3. The Bertz CT molecular complexity index is 1320. The van der Waals surface area contributed by atoms with Gasteiger partial charge in [0.25, 0.3) is 0 Å². The van der Waals surface area contributed by atoms with E-state index in [9.17, 15) is 20.2 Å². The molecule has 4 rings (SSSR count). The van der Waals surface area contributed by atoms with E-state index in [1.54, 1.807) is 18.2 Å². The summed E-state index contributed by atoms with van der Waals surface area (Å²) in [5.74, 6) is 0.906. The van der Waals surface area contributed by atoms with Crippen LogP contribution in [0, 0.1) is 20.2 Å². The van der Waals surface area contributed by atoms with E-state index in [4.69, 9.17) is 0 Å². The second-order valence-corrected chi connectivity index (χ2v) is 8.75. The molecule has 0 aliphatic rings. The first-order valence-corrected chi connectivity index (χ1v) is 11.4. The van der Waals surface area contributed by atoms with E-state index in [1.165, 1.54) is 24.6 Å². The number of anilines is 4. The van der Waals surface area contributed by atoms with Gasteiger partial charge in [-0.05, 0) is 24.3 Å². The third-order valence-electron chi connectivity index (χ3n) is 4.08. The van der Waals surface area contributed by atoms with Crippen LogP contribution in [0.1, 0.15) is 9.75 Å². The van der Waals surface area contributed by atoms with E-state index in [1.807, 2.05) is 30.3 Å². The zero-order chi connectivity index (χ0) is 24.6. The number of nitro groups is 2. The van der Waals surface area contributed by atoms with Crippen LogP contribution in [-0.2, 0) is 0 Å². The fraction of sp³-hybridized carbons (Fsp3) is 0. The maximum Gasteiger partial charge on any atom is 0.324 e. The van der Waals surface area contributed by atoms with Crippen LogP contribution in [0.2, 0.25) is 0 Å². The van der Waals surface area contributed by atoms with Crippen molar-refractivity contribution in [2.75, 3.05) is 16.2 Å². The third kappa shape index (κ3) is 6.62. The van der Waals surface area contributed by atoms with Crippen LogP contribution in [-0.4, -0.2) is 32.2 Å². The summed E-state index contributed by atoms with van der Waals surface area (Å²) in [6.07, 6.45) is 2.87. The number of thiophene rings is 2. The molecule has 0 aliphatic heterocycles. The SMILES string of the molecule is O=[N+]([O-])c1ccc(C=NNc2cc(Nc3ccccc3)nc(NN=Cc3ccc([N+](=O)[O-])s3)n2)s1. The lowest BCUT2D eigenvalue weighted by Crippen LogP contribution is -2.04. The highest BCUT2D eigenvalue weighted by atomic mass is 32.1. The van der Waals surface area contributed by atoms with Crippen molar-refractivity contribution in [1.29, 1.82) is 0 Å². The average molecular weight is 510 g/mol. The summed E-state index contributed by atoms with van der Waals surface area (Å²) >= 11 is 1.97. The van der Waals surface area contributed by atoms with Gasteiger partial charge in [-0.3, -0.25) is 25.7 Å². The topological polar surface area (TPSA) is 173 Å². The van der Waals surface area contributed by atoms with Crippen molar-refractivity contribution in [3.05, 3.63) is 90.6 Å². The standard InChI is InChI=1S/C20H15N9O4S2/c30-28(31)18-8-6-14(34-18)11-21-26-17-10-16(23-13-4-2-1-3-5-13)24-20(25-17)27-22-12-15-7-9-19(35-15)29(32)33/h1-12H,(H3,23,24,25,26,27). The Kier molecular flexibility index (Phi) is 7.29. The zero-order valence-electron chi connectivity index (χ0n) is 17.6. The zero-order valence-corrected chi connectivity index (χ0v) is 19.2. The first-order valence-electron chi connectivity index (χ1n) is 9.74. The van der Waals surface area contributed by atoms with Crippen molar-refractivity contribution >= 4 is 68.4 Å². The molecule has 13 nitrogen and oxygen atoms in total. The van der Waals surface area contributed by atoms with Crippen molar-refractivity contribution < 1.29 is 9.85 Å². The van der Waals surface area contributed by atoms with Gasteiger partial charge in [0, 0.05) is 23.9 Å². The fourth-order valence-electron chi connectivity index (χ4n) is 2.62. The summed E-state index contributed by atoms with van der Waals surface area (Å²) in [4.78, 5) is 30.5. The Morgan fingerprint density at radius 2 is 1.34 bits per heavy atom. The van der Waals surface area contributed by atoms with Crippen LogP contribution < -0.4 is 16.2 Å². The molecule has 4 aromatic rings. The second-order valence-electron chi connectivity index (χ2n) is 6.56. The molecule has 0 saturated carbocycles. The van der Waals surface area contributed by atoms with E-state index in [2.05, 4.69) is 36.3 Å². The number of benzene rings is 1. The van der Waals surface area contributed by atoms with E-state index >= 15 is 0 Å². The van der Waals surface area contributed by atoms with Gasteiger partial charge in [-0.25, -0.2) is 5.43 Å². The summed E-state index contributed by atoms with van der Waals surface area (Å²) in [5, 5.41) is 33.0. The number of hydrogen-bond acceptors (Lipinski definition) is 13. The Morgan fingerprint density at radius 1 is 0.771 bits per heavy atom. The number of rotatable bonds is 10. The lowest BCUT2D eigenvalue weighted by atomic mass is 10.3. The summed E-state index contributed by atoms with van der Waals surface area (Å²) in [6.45, 7) is 0. The number of para-hydroxylation sites is 1. The van der Waals surface area contributed by atoms with Gasteiger partial charge < -0.3 is 5.32 Å². The van der Waals surface area contributed by atoms with Gasteiger partial charge in [-0.2, -0.15) is 20.2 Å². The van der Waals surface area contributed by atoms with E-state index in [0.29, 0.717) is 21.4 Å². The van der Waals surface area contributed by atoms with Crippen LogP contribution in [0.4, 0.5) is 33.3 Å². The number of hydrazone groups is 2. The molecule has 0 radical (unpaired) electrons. The molecule has 3 N–H and O–H groups in total. The van der Waals surface area contributed by atoms with Gasteiger partial charge in [0.05, 0.1) is 32.0 Å². The molecule has 0 saturated heterocycles. The molecule has 0 aliphatic carbocycles. The predicted molar refractivity (Wildman–Crippen MR) is 136 cm³/mol. The van der Waals surface area contributed by atoms with E-state index in [-0.39, 0.29) is 16.0 Å². The van der Waals surface area contributed by atoms with Crippen molar-refractivity contribution in [1.82, 2.24) is 9.97 Å². The number of aromatic nitrogens is 2. The number of nitrogens with zero attached hydrogens (tertiary/aromatic N) is 6. The maximum absolute atomic E-state index is 10.8. The molecular formula is C20H15N9O4S2. The molecule has 176 valence electrons. The smallest absolute Gasteiger partial charge is 0.324 e. The van der Waals surface area contributed by atoms with Crippen molar-refractivity contribution in [3.63, 3.8) is 0 Å². The lowest BCUT2D eigenvalue weighted by molar-refractivity contribution is -0.380. The minimum atomic E-state index is -0.468. The molecule has 0 atom stereocenters. The molecule has 0 unspecified atom stereocenters. The van der Waals surface area contributed by atoms with Gasteiger partial charge in [0.1, 0.15) is 5.82 Å². The van der Waals surface area contributed by atoms with E-state index < -0.39 is 9.85 Å². The summed E-state index contributed by atoms with van der Waals surface area (Å²) in [5.41, 5.74) is 6.27. The van der Waals surface area contributed by atoms with Crippen LogP contribution in [0.25, 0.3) is 0 Å². The molecule has 3 aromatic heterocycles. The first kappa shape index (κ1) is 23.4. The molecule has 0 bridgehead atoms. The molecular weight excluding hydrogens is 494 g/mol. The molecule has 3 heterocycles. The average Bonchev–Trinajstić information content (AvgIpc) is 3.50.